The summed E-state index contributed by atoms with van der Waals surface area (Å²) in [5, 5.41) is 3.48. The molecule has 0 spiro atoms. The summed E-state index contributed by atoms with van der Waals surface area (Å²) in [6, 6.07) is 16.5. The summed E-state index contributed by atoms with van der Waals surface area (Å²) in [6.07, 6.45) is 2.50. The largest absolute Gasteiger partial charge is 0.342 e. The number of amides is 1. The van der Waals surface area contributed by atoms with Crippen molar-refractivity contribution in [3.05, 3.63) is 93.6 Å². The predicted octanol–water partition coefficient (Wildman–Crippen LogP) is 6.51. The van der Waals surface area contributed by atoms with E-state index >= 15 is 0 Å². The standard InChI is InChI=1S/C23H17Cl2N5O.2ClH/c1-13-19(12-20-27-16-8-2-3-9-17(16)28-20)30-11-5-10-18(22(30)26-13)29-23(31)21-14(24)6-4-7-15(21)25;;/h2-11H,12H2,1H3,(H,27,28)(H,29,31);2*1H. The van der Waals surface area contributed by atoms with Crippen LogP contribution in [0.1, 0.15) is 27.6 Å². The first-order valence-corrected chi connectivity index (χ1v) is 10.4. The van der Waals surface area contributed by atoms with Crippen molar-refractivity contribution in [2.45, 2.75) is 13.3 Å². The summed E-state index contributed by atoms with van der Waals surface area (Å²) in [5.74, 6) is 0.464. The van der Waals surface area contributed by atoms with Crippen LogP contribution in [0.5, 0.6) is 0 Å². The quantitative estimate of drug-likeness (QED) is 0.282. The molecule has 0 aliphatic rings. The Kier molecular flexibility index (Phi) is 7.55. The highest BCUT2D eigenvalue weighted by Gasteiger charge is 2.18. The van der Waals surface area contributed by atoms with E-state index in [1.807, 2.05) is 47.9 Å². The molecular weight excluding hydrogens is 504 g/mol. The molecule has 0 saturated heterocycles. The zero-order valence-electron chi connectivity index (χ0n) is 17.3. The maximum Gasteiger partial charge on any atom is 0.258 e. The minimum Gasteiger partial charge on any atom is -0.342 e. The van der Waals surface area contributed by atoms with Gasteiger partial charge < -0.3 is 14.7 Å². The average Bonchev–Trinajstić information content (AvgIpc) is 3.29. The van der Waals surface area contributed by atoms with Gasteiger partial charge >= 0.3 is 0 Å². The number of aryl methyl sites for hydroxylation is 1. The summed E-state index contributed by atoms with van der Waals surface area (Å²) < 4.78 is 1.96. The van der Waals surface area contributed by atoms with E-state index in [4.69, 9.17) is 28.2 Å². The lowest BCUT2D eigenvalue weighted by Crippen LogP contribution is -2.14. The first-order chi connectivity index (χ1) is 15.0. The molecule has 0 fully saturated rings. The molecule has 0 aliphatic carbocycles. The monoisotopic (exact) mass is 521 g/mol. The molecular formula is C23H19Cl4N5O. The smallest absolute Gasteiger partial charge is 0.258 e. The van der Waals surface area contributed by atoms with Crippen molar-refractivity contribution in [2.75, 3.05) is 5.32 Å². The summed E-state index contributed by atoms with van der Waals surface area (Å²) >= 11 is 12.4. The highest BCUT2D eigenvalue weighted by atomic mass is 35.5. The number of anilines is 1. The van der Waals surface area contributed by atoms with E-state index in [0.717, 1.165) is 28.2 Å². The maximum atomic E-state index is 12.8. The van der Waals surface area contributed by atoms with E-state index < -0.39 is 0 Å². The van der Waals surface area contributed by atoms with Crippen LogP contribution in [0.2, 0.25) is 10.0 Å². The molecule has 3 heterocycles. The van der Waals surface area contributed by atoms with Crippen LogP contribution >= 0.6 is 48.0 Å². The molecule has 0 radical (unpaired) electrons. The highest BCUT2D eigenvalue weighted by Crippen LogP contribution is 2.27. The molecule has 2 aromatic carbocycles. The second kappa shape index (κ2) is 10.0. The first-order valence-electron chi connectivity index (χ1n) is 9.67. The van der Waals surface area contributed by atoms with E-state index in [-0.39, 0.29) is 36.3 Å². The van der Waals surface area contributed by atoms with Crippen molar-refractivity contribution in [1.29, 1.82) is 0 Å². The predicted molar refractivity (Wildman–Crippen MR) is 138 cm³/mol. The van der Waals surface area contributed by atoms with Crippen LogP contribution in [0.15, 0.2) is 60.8 Å². The lowest BCUT2D eigenvalue weighted by molar-refractivity contribution is 0.102. The normalized spacial score (nSPS) is 10.6. The topological polar surface area (TPSA) is 75.1 Å². The van der Waals surface area contributed by atoms with E-state index in [0.29, 0.717) is 27.8 Å². The molecule has 2 N–H and O–H groups in total. The minimum absolute atomic E-state index is 0. The Bertz CT molecular complexity index is 1410. The lowest BCUT2D eigenvalue weighted by Gasteiger charge is -2.10. The minimum atomic E-state index is -0.386. The number of fused-ring (bicyclic) bond motifs is 2. The van der Waals surface area contributed by atoms with Gasteiger partial charge in [0.05, 0.1) is 43.7 Å². The number of para-hydroxylation sites is 2. The van der Waals surface area contributed by atoms with E-state index in [1.165, 1.54) is 0 Å². The maximum absolute atomic E-state index is 12.8. The van der Waals surface area contributed by atoms with Gasteiger partial charge in [-0.3, -0.25) is 4.79 Å². The number of H-pyrrole nitrogens is 1. The van der Waals surface area contributed by atoms with Crippen LogP contribution in [0.25, 0.3) is 16.7 Å². The molecule has 0 unspecified atom stereocenters. The number of pyridine rings is 1. The highest BCUT2D eigenvalue weighted by molar-refractivity contribution is 6.40. The van der Waals surface area contributed by atoms with Crippen LogP contribution in [-0.2, 0) is 6.42 Å². The van der Waals surface area contributed by atoms with Crippen LogP contribution in [-0.4, -0.2) is 25.3 Å². The fourth-order valence-corrected chi connectivity index (χ4v) is 4.26. The Labute approximate surface area is 212 Å². The average molecular weight is 523 g/mol. The number of rotatable bonds is 4. The number of carbonyl (C=O) groups is 1. The zero-order valence-corrected chi connectivity index (χ0v) is 20.4. The van der Waals surface area contributed by atoms with E-state index in [9.17, 15) is 4.79 Å². The Morgan fingerprint density at radius 1 is 1.00 bits per heavy atom. The fraction of sp³-hybridized carbons (Fsp3) is 0.0870. The van der Waals surface area contributed by atoms with Crippen molar-refractivity contribution < 1.29 is 4.79 Å². The molecule has 0 bridgehead atoms. The molecule has 3 aromatic heterocycles. The number of imidazole rings is 2. The summed E-state index contributed by atoms with van der Waals surface area (Å²) in [6.45, 7) is 1.95. The van der Waals surface area contributed by atoms with Crippen LogP contribution < -0.4 is 5.32 Å². The van der Waals surface area contributed by atoms with Gasteiger partial charge in [0, 0.05) is 12.6 Å². The molecule has 6 nitrogen and oxygen atoms in total. The van der Waals surface area contributed by atoms with Crippen LogP contribution in [0.3, 0.4) is 0 Å². The molecule has 0 atom stereocenters. The van der Waals surface area contributed by atoms with Gasteiger partial charge in [-0.2, -0.15) is 0 Å². The third-order valence-electron chi connectivity index (χ3n) is 5.16. The molecule has 5 aromatic rings. The van der Waals surface area contributed by atoms with Gasteiger partial charge in [0.15, 0.2) is 5.65 Å². The lowest BCUT2D eigenvalue weighted by atomic mass is 10.2. The Hall–Kier alpha value is -2.77. The van der Waals surface area contributed by atoms with Gasteiger partial charge in [0.25, 0.3) is 5.91 Å². The van der Waals surface area contributed by atoms with Gasteiger partial charge in [-0.05, 0) is 43.3 Å². The Morgan fingerprint density at radius 3 is 2.45 bits per heavy atom. The van der Waals surface area contributed by atoms with Gasteiger partial charge in [-0.1, -0.05) is 41.4 Å². The molecule has 10 heteroatoms. The second-order valence-electron chi connectivity index (χ2n) is 7.19. The van der Waals surface area contributed by atoms with Crippen molar-refractivity contribution >= 4 is 76.3 Å². The van der Waals surface area contributed by atoms with E-state index in [1.54, 1.807) is 24.3 Å². The van der Waals surface area contributed by atoms with Crippen molar-refractivity contribution in [1.82, 2.24) is 19.4 Å². The Balaban J connectivity index is 0.00000153. The molecule has 170 valence electrons. The van der Waals surface area contributed by atoms with Crippen molar-refractivity contribution in [3.63, 3.8) is 0 Å². The number of aromatic amines is 1. The molecule has 0 aliphatic heterocycles. The SMILES string of the molecule is Cc1nc2c(NC(=O)c3c(Cl)cccc3Cl)cccn2c1Cc1nc2ccccc2[nH]1.Cl.Cl. The molecule has 1 amide bonds. The number of aromatic nitrogens is 4. The van der Waals surface area contributed by atoms with Gasteiger partial charge in [0.1, 0.15) is 5.82 Å². The van der Waals surface area contributed by atoms with Crippen LogP contribution in [0.4, 0.5) is 5.69 Å². The van der Waals surface area contributed by atoms with Crippen molar-refractivity contribution in [2.24, 2.45) is 0 Å². The van der Waals surface area contributed by atoms with Crippen molar-refractivity contribution in [3.8, 4) is 0 Å². The molecule has 33 heavy (non-hydrogen) atoms. The number of carbonyl (C=O) groups excluding carboxylic acids is 1. The van der Waals surface area contributed by atoms with Gasteiger partial charge in [-0.15, -0.1) is 24.8 Å². The second-order valence-corrected chi connectivity index (χ2v) is 8.00. The van der Waals surface area contributed by atoms with Gasteiger partial charge in [-0.25, -0.2) is 9.97 Å². The number of halogens is 4. The summed E-state index contributed by atoms with van der Waals surface area (Å²) in [7, 11) is 0. The number of benzene rings is 2. The Morgan fingerprint density at radius 2 is 1.73 bits per heavy atom. The fourth-order valence-electron chi connectivity index (χ4n) is 3.69. The third-order valence-corrected chi connectivity index (χ3v) is 5.79. The number of nitrogens with one attached hydrogen (secondary N) is 2. The van der Waals surface area contributed by atoms with Crippen LogP contribution in [0, 0.1) is 6.92 Å². The summed E-state index contributed by atoms with van der Waals surface area (Å²) in [4.78, 5) is 25.6. The number of hydrogen-bond acceptors (Lipinski definition) is 3. The first kappa shape index (κ1) is 24.9. The summed E-state index contributed by atoms with van der Waals surface area (Å²) in [5.41, 5.74) is 5.21. The zero-order chi connectivity index (χ0) is 21.5. The third kappa shape index (κ3) is 4.66. The van der Waals surface area contributed by atoms with E-state index in [2.05, 4.69) is 15.3 Å². The number of hydrogen-bond donors (Lipinski definition) is 2. The number of nitrogens with zero attached hydrogens (tertiary/aromatic N) is 3. The molecule has 5 rings (SSSR count). The van der Waals surface area contributed by atoms with Gasteiger partial charge in [0.2, 0.25) is 0 Å². The molecule has 0 saturated carbocycles.